The average Bonchev–Trinajstić information content (AvgIpc) is 3.24. The summed E-state index contributed by atoms with van der Waals surface area (Å²) >= 11 is 0. The molecular weight excluding hydrogens is 489 g/mol. The average molecular weight is 526 g/mol. The molecule has 0 radical (unpaired) electrons. The van der Waals surface area contributed by atoms with Crippen LogP contribution in [0.2, 0.25) is 0 Å². The molecule has 1 saturated carbocycles. The van der Waals surface area contributed by atoms with E-state index in [1.165, 1.54) is 21.2 Å². The van der Waals surface area contributed by atoms with Crippen LogP contribution in [0.1, 0.15) is 12.8 Å². The van der Waals surface area contributed by atoms with Gasteiger partial charge in [-0.15, -0.1) is 0 Å². The Balaban J connectivity index is 0.00000320. The van der Waals surface area contributed by atoms with Crippen LogP contribution in [0.4, 0.5) is 0 Å². The molecule has 2 nitrogen and oxygen atoms in total. The summed E-state index contributed by atoms with van der Waals surface area (Å²) in [7, 11) is -1.24. The lowest BCUT2D eigenvalue weighted by molar-refractivity contribution is 0.100. The molecule has 1 aliphatic rings. The number of hydrogen-bond acceptors (Lipinski definition) is 2. The Morgan fingerprint density at radius 3 is 1.41 bits per heavy atom. The van der Waals surface area contributed by atoms with Crippen molar-refractivity contribution in [2.24, 2.45) is 11.8 Å². The van der Waals surface area contributed by atoms with E-state index in [9.17, 15) is 10.2 Å². The topological polar surface area (TPSA) is 40.5 Å². The van der Waals surface area contributed by atoms with Gasteiger partial charge in [-0.05, 0) is 73.6 Å². The molecule has 37 heavy (non-hydrogen) atoms. The van der Waals surface area contributed by atoms with Crippen molar-refractivity contribution in [2.75, 3.05) is 12.8 Å². The predicted octanol–water partition coefficient (Wildman–Crippen LogP) is 3.82. The van der Waals surface area contributed by atoms with Gasteiger partial charge in [0.15, 0.2) is 0 Å². The van der Waals surface area contributed by atoms with Gasteiger partial charge in [-0.1, -0.05) is 121 Å². The molecule has 2 unspecified atom stereocenters. The first kappa shape index (κ1) is 27.8. The van der Waals surface area contributed by atoms with Gasteiger partial charge in [0.05, 0.1) is 14.5 Å². The maximum absolute atomic E-state index is 11.4. The van der Waals surface area contributed by atoms with E-state index >= 15 is 0 Å². The van der Waals surface area contributed by atoms with E-state index in [0.29, 0.717) is 18.0 Å². The van der Waals surface area contributed by atoms with Crippen molar-refractivity contribution >= 4 is 45.5 Å². The fourth-order valence-corrected chi connectivity index (χ4v) is 11.9. The Morgan fingerprint density at radius 2 is 1.00 bits per heavy atom. The molecule has 0 amide bonds. The van der Waals surface area contributed by atoms with E-state index in [1.807, 2.05) is 0 Å². The molecule has 0 heterocycles. The molecule has 0 aromatic heterocycles. The highest BCUT2D eigenvalue weighted by atomic mass is 31.1. The molecule has 2 N–H and O–H groups in total. The van der Waals surface area contributed by atoms with Crippen LogP contribution in [0.3, 0.4) is 0 Å². The monoisotopic (exact) mass is 526 g/mol. The lowest BCUT2D eigenvalue weighted by Gasteiger charge is -2.35. The van der Waals surface area contributed by atoms with Crippen LogP contribution in [0, 0.1) is 11.8 Å². The van der Waals surface area contributed by atoms with E-state index < -0.39 is 15.8 Å². The third-order valence-corrected chi connectivity index (χ3v) is 13.0. The summed E-state index contributed by atoms with van der Waals surface area (Å²) in [6.45, 7) is 0.119. The van der Waals surface area contributed by atoms with E-state index in [0.717, 1.165) is 12.6 Å². The van der Waals surface area contributed by atoms with Gasteiger partial charge >= 0.3 is 0 Å². The van der Waals surface area contributed by atoms with Crippen LogP contribution < -0.4 is 21.2 Å². The van der Waals surface area contributed by atoms with E-state index in [1.54, 1.807) is 0 Å². The molecule has 5 heteroatoms. The summed E-state index contributed by atoms with van der Waals surface area (Å²) in [5.74, 6) is 0.431. The van der Waals surface area contributed by atoms with Crippen LogP contribution in [0.25, 0.3) is 0 Å². The summed E-state index contributed by atoms with van der Waals surface area (Å²) in [6, 6.07) is 43.6. The van der Waals surface area contributed by atoms with Crippen LogP contribution in [-0.2, 0) is 0 Å². The lowest BCUT2D eigenvalue weighted by atomic mass is 9.93. The smallest absolute Gasteiger partial charge is 0.0814 e. The maximum atomic E-state index is 11.4. The molecule has 0 bridgehead atoms. The van der Waals surface area contributed by atoms with E-state index in [2.05, 4.69) is 121 Å². The molecule has 4 aromatic rings. The third kappa shape index (κ3) is 6.42. The zero-order valence-electron chi connectivity index (χ0n) is 20.5. The van der Waals surface area contributed by atoms with Gasteiger partial charge in [0.25, 0.3) is 0 Å². The Kier molecular flexibility index (Phi) is 10.1. The minimum atomic E-state index is -0.655. The van der Waals surface area contributed by atoms with Gasteiger partial charge in [0.2, 0.25) is 0 Å². The lowest BCUT2D eigenvalue weighted by Crippen LogP contribution is -2.32. The molecule has 0 spiro atoms. The Morgan fingerprint density at radius 1 is 0.595 bits per heavy atom. The zero-order chi connectivity index (χ0) is 24.7. The van der Waals surface area contributed by atoms with Gasteiger partial charge in [0.1, 0.15) is 0 Å². The molecule has 1 fully saturated rings. The summed E-state index contributed by atoms with van der Waals surface area (Å²) in [6.07, 6.45) is 2.08. The van der Waals surface area contributed by atoms with Crippen molar-refractivity contribution in [2.45, 2.75) is 24.6 Å². The Bertz CT molecular complexity index is 1120. The van der Waals surface area contributed by atoms with Crippen molar-refractivity contribution in [3.8, 4) is 0 Å². The minimum absolute atomic E-state index is 0. The summed E-state index contributed by atoms with van der Waals surface area (Å²) < 4.78 is 0. The van der Waals surface area contributed by atoms with E-state index in [-0.39, 0.29) is 27.0 Å². The van der Waals surface area contributed by atoms with Crippen molar-refractivity contribution in [1.82, 2.24) is 0 Å². The van der Waals surface area contributed by atoms with Crippen LogP contribution in [0.15, 0.2) is 121 Å². The molecule has 0 aliphatic heterocycles. The fourth-order valence-electron chi connectivity index (χ4n) is 5.77. The maximum Gasteiger partial charge on any atom is 0.0814 e. The normalized spacial score (nSPS) is 21.2. The number of rotatable bonds is 9. The minimum Gasteiger partial charge on any atom is -0.396 e. The first-order chi connectivity index (χ1) is 17.8. The van der Waals surface area contributed by atoms with Gasteiger partial charge in [-0.25, -0.2) is 0 Å². The van der Waals surface area contributed by atoms with Gasteiger partial charge in [0, 0.05) is 6.61 Å². The van der Waals surface area contributed by atoms with Crippen LogP contribution in [-0.4, -0.2) is 43.2 Å². The number of aliphatic hydroxyl groups excluding tert-OH is 2. The molecule has 190 valence electrons. The molecule has 4 atom stereocenters. The second-order valence-electron chi connectivity index (χ2n) is 9.53. The number of aliphatic hydroxyl groups is 2. The highest BCUT2D eigenvalue weighted by Crippen LogP contribution is 2.55. The fraction of sp³-hybridized carbons (Fsp3) is 0.250. The molecule has 4 aromatic carbocycles. The Hall–Kier alpha value is -2.28. The number of benzene rings is 4. The first-order valence-corrected chi connectivity index (χ1v) is 15.8. The largest absolute Gasteiger partial charge is 0.396 e. The molecule has 0 saturated heterocycles. The Labute approximate surface area is 225 Å². The van der Waals surface area contributed by atoms with Gasteiger partial charge in [-0.3, -0.25) is 0 Å². The number of hydrogen-bond donors (Lipinski definition) is 2. The standard InChI is InChI=1S/C32H34O2P2.BH3/c33-22-21-29-30(24-35(25-13-5-1-6-14-25)26-15-7-2-8-16-26)32(23-31(29)34)36(27-17-9-3-10-18-27)28-19-11-4-12-20-28;/h1-20,29-34H,21-24H2;1H3/t29?,30-,31?,32-;/m1./s1. The molecule has 1 aliphatic carbocycles. The second kappa shape index (κ2) is 13.5. The highest BCUT2D eigenvalue weighted by molar-refractivity contribution is 7.74. The summed E-state index contributed by atoms with van der Waals surface area (Å²) in [4.78, 5) is 0. The SMILES string of the molecule is B.OCCC1C(O)C[C@@H](P(c2ccccc2)c2ccccc2)[C@@H]1CP(c1ccccc1)c1ccccc1. The van der Waals surface area contributed by atoms with Crippen molar-refractivity contribution in [3.05, 3.63) is 121 Å². The zero-order valence-corrected chi connectivity index (χ0v) is 22.3. The van der Waals surface area contributed by atoms with Crippen molar-refractivity contribution in [1.29, 1.82) is 0 Å². The second-order valence-corrected chi connectivity index (χ2v) is 14.2. The van der Waals surface area contributed by atoms with Gasteiger partial charge < -0.3 is 10.2 Å². The van der Waals surface area contributed by atoms with Crippen molar-refractivity contribution in [3.63, 3.8) is 0 Å². The quantitative estimate of drug-likeness (QED) is 0.257. The highest BCUT2D eigenvalue weighted by Gasteiger charge is 2.46. The molecular formula is C32H37BO2P2. The summed E-state index contributed by atoms with van der Waals surface area (Å²) in [5.41, 5.74) is 0.355. The predicted molar refractivity (Wildman–Crippen MR) is 166 cm³/mol. The van der Waals surface area contributed by atoms with E-state index in [4.69, 9.17) is 0 Å². The first-order valence-electron chi connectivity index (χ1n) is 12.8. The van der Waals surface area contributed by atoms with Crippen LogP contribution >= 0.6 is 15.8 Å². The molecule has 5 rings (SSSR count). The van der Waals surface area contributed by atoms with Crippen LogP contribution in [0.5, 0.6) is 0 Å². The summed E-state index contributed by atoms with van der Waals surface area (Å²) in [5, 5.41) is 26.9. The van der Waals surface area contributed by atoms with Crippen molar-refractivity contribution < 1.29 is 10.2 Å². The third-order valence-electron chi connectivity index (χ3n) is 7.41. The van der Waals surface area contributed by atoms with Gasteiger partial charge in [-0.2, -0.15) is 0 Å².